The maximum absolute atomic E-state index is 5.44. The summed E-state index contributed by atoms with van der Waals surface area (Å²) >= 11 is 0. The fourth-order valence-corrected chi connectivity index (χ4v) is 0.606. The van der Waals surface area contributed by atoms with E-state index in [1.807, 2.05) is 0 Å². The second-order valence-electron chi connectivity index (χ2n) is 1.93. The van der Waals surface area contributed by atoms with Gasteiger partial charge in [0, 0.05) is 5.70 Å². The number of hydrogen-bond acceptors (Lipinski definition) is 3. The summed E-state index contributed by atoms with van der Waals surface area (Å²) < 4.78 is 0. The van der Waals surface area contributed by atoms with Gasteiger partial charge in [0.1, 0.15) is 14.0 Å². The summed E-state index contributed by atoms with van der Waals surface area (Å²) in [6.45, 7) is 0. The third-order valence-corrected chi connectivity index (χ3v) is 1.12. The van der Waals surface area contributed by atoms with E-state index in [1.165, 1.54) is 0 Å². The Bertz CT molecular complexity index is 173. The van der Waals surface area contributed by atoms with Gasteiger partial charge in [0.05, 0.1) is 0 Å². The highest BCUT2D eigenvalue weighted by atomic mass is 15.0. The van der Waals surface area contributed by atoms with Crippen LogP contribution >= 0.6 is 0 Å². The Morgan fingerprint density at radius 1 is 1.67 bits per heavy atom. The first kappa shape index (κ1) is 6.23. The molecule has 0 aliphatic carbocycles. The van der Waals surface area contributed by atoms with E-state index in [0.717, 1.165) is 0 Å². The fraction of sp³-hybridized carbons (Fsp3) is 0.200. The van der Waals surface area contributed by atoms with E-state index in [2.05, 4.69) is 5.32 Å². The summed E-state index contributed by atoms with van der Waals surface area (Å²) in [5.74, 6) is 0. The van der Waals surface area contributed by atoms with Crippen LogP contribution < -0.4 is 16.8 Å². The van der Waals surface area contributed by atoms with Gasteiger partial charge in [-0.3, -0.25) is 0 Å². The maximum atomic E-state index is 5.44. The van der Waals surface area contributed by atoms with E-state index in [9.17, 15) is 0 Å². The van der Waals surface area contributed by atoms with Gasteiger partial charge in [-0.1, -0.05) is 5.47 Å². The van der Waals surface area contributed by atoms with Crippen LogP contribution in [-0.4, -0.2) is 14.0 Å². The van der Waals surface area contributed by atoms with Crippen LogP contribution in [0.25, 0.3) is 0 Å². The van der Waals surface area contributed by atoms with Crippen molar-refractivity contribution in [1.82, 2.24) is 5.32 Å². The van der Waals surface area contributed by atoms with E-state index >= 15 is 0 Å². The van der Waals surface area contributed by atoms with Crippen LogP contribution in [0.1, 0.15) is 0 Å². The highest BCUT2D eigenvalue weighted by Crippen LogP contribution is 2.00. The molecule has 0 saturated carbocycles. The van der Waals surface area contributed by atoms with Gasteiger partial charge in [-0.25, -0.2) is 0 Å². The summed E-state index contributed by atoms with van der Waals surface area (Å²) in [6, 6.07) is 0. The maximum Gasteiger partial charge on any atom is 0.115 e. The molecule has 3 nitrogen and oxygen atoms in total. The monoisotopic (exact) mass is 121 g/mol. The molecule has 0 saturated heterocycles. The van der Waals surface area contributed by atoms with Gasteiger partial charge in [0.2, 0.25) is 0 Å². The largest absolute Gasteiger partial charge is 0.399 e. The summed E-state index contributed by atoms with van der Waals surface area (Å²) in [5, 5.41) is 2.78. The summed E-state index contributed by atoms with van der Waals surface area (Å²) in [5.41, 5.74) is 12.0. The van der Waals surface area contributed by atoms with Crippen molar-refractivity contribution in [1.29, 1.82) is 0 Å². The lowest BCUT2D eigenvalue weighted by molar-refractivity contribution is 0.677. The van der Waals surface area contributed by atoms with Crippen LogP contribution in [0.3, 0.4) is 0 Å². The third-order valence-electron chi connectivity index (χ3n) is 1.12. The van der Waals surface area contributed by atoms with Crippen LogP contribution in [0.2, 0.25) is 0 Å². The van der Waals surface area contributed by atoms with Crippen molar-refractivity contribution < 1.29 is 0 Å². The standard InChI is InChI=1S/C5H8BN3/c6-3-1-4(7)5(8)9-2-3/h1-2,5,9H,7-8H2. The Hall–Kier alpha value is -0.895. The molecule has 1 unspecified atom stereocenters. The molecule has 1 heterocycles. The molecule has 1 rings (SSSR count). The Balaban J connectivity index is 2.74. The molecule has 5 N–H and O–H groups in total. The Morgan fingerprint density at radius 2 is 2.33 bits per heavy atom. The molecular weight excluding hydrogens is 113 g/mol. The molecule has 0 bridgehead atoms. The van der Waals surface area contributed by atoms with E-state index in [1.54, 1.807) is 12.3 Å². The topological polar surface area (TPSA) is 64.1 Å². The average molecular weight is 121 g/mol. The zero-order valence-corrected chi connectivity index (χ0v) is 4.96. The van der Waals surface area contributed by atoms with Crippen molar-refractivity contribution in [3.63, 3.8) is 0 Å². The second kappa shape index (κ2) is 2.15. The van der Waals surface area contributed by atoms with Crippen LogP contribution in [0, 0.1) is 0 Å². The Morgan fingerprint density at radius 3 is 2.78 bits per heavy atom. The van der Waals surface area contributed by atoms with E-state index in [4.69, 9.17) is 19.3 Å². The van der Waals surface area contributed by atoms with Crippen molar-refractivity contribution in [3.8, 4) is 0 Å². The number of nitrogens with two attached hydrogens (primary N) is 2. The highest BCUT2D eigenvalue weighted by molar-refractivity contribution is 6.23. The predicted molar refractivity (Wildman–Crippen MR) is 37.2 cm³/mol. The van der Waals surface area contributed by atoms with Gasteiger partial charge in [0.15, 0.2) is 0 Å². The molecule has 46 valence electrons. The first-order chi connectivity index (χ1) is 4.20. The average Bonchev–Trinajstić information content (AvgIpc) is 1.80. The second-order valence-corrected chi connectivity index (χ2v) is 1.93. The fourth-order valence-electron chi connectivity index (χ4n) is 0.606. The van der Waals surface area contributed by atoms with Crippen LogP contribution in [0.4, 0.5) is 0 Å². The summed E-state index contributed by atoms with van der Waals surface area (Å²) in [6.07, 6.45) is 2.99. The van der Waals surface area contributed by atoms with Gasteiger partial charge in [-0.15, -0.1) is 0 Å². The molecule has 0 aromatic carbocycles. The molecule has 0 amide bonds. The van der Waals surface area contributed by atoms with E-state index < -0.39 is 0 Å². The van der Waals surface area contributed by atoms with Gasteiger partial charge in [-0.05, 0) is 12.3 Å². The molecule has 4 heteroatoms. The normalized spacial score (nSPS) is 26.1. The third kappa shape index (κ3) is 1.26. The minimum atomic E-state index is -0.280. The van der Waals surface area contributed by atoms with Crippen molar-refractivity contribution >= 4 is 7.85 Å². The molecule has 9 heavy (non-hydrogen) atoms. The lowest BCUT2D eigenvalue weighted by Gasteiger charge is -2.17. The number of hydrogen-bond donors (Lipinski definition) is 3. The van der Waals surface area contributed by atoms with Crippen LogP contribution in [-0.2, 0) is 0 Å². The minimum absolute atomic E-state index is 0.280. The van der Waals surface area contributed by atoms with Crippen molar-refractivity contribution in [3.05, 3.63) is 23.4 Å². The summed E-state index contributed by atoms with van der Waals surface area (Å²) in [4.78, 5) is 0. The van der Waals surface area contributed by atoms with E-state index in [-0.39, 0.29) is 6.17 Å². The zero-order chi connectivity index (χ0) is 6.85. The number of dihydropyridines is 1. The first-order valence-corrected chi connectivity index (χ1v) is 2.64. The number of nitrogens with one attached hydrogen (secondary N) is 1. The van der Waals surface area contributed by atoms with Gasteiger partial charge in [-0.2, -0.15) is 0 Å². The van der Waals surface area contributed by atoms with Crippen molar-refractivity contribution in [2.45, 2.75) is 6.17 Å². The molecule has 0 fully saturated rings. The lowest BCUT2D eigenvalue weighted by atomic mass is 9.94. The molecule has 0 spiro atoms. The van der Waals surface area contributed by atoms with Crippen LogP contribution in [0.5, 0.6) is 0 Å². The molecule has 1 aliphatic rings. The van der Waals surface area contributed by atoms with Crippen molar-refractivity contribution in [2.24, 2.45) is 11.5 Å². The van der Waals surface area contributed by atoms with Gasteiger partial charge >= 0.3 is 0 Å². The number of allylic oxidation sites excluding steroid dienone is 2. The predicted octanol–water partition coefficient (Wildman–Crippen LogP) is -1.27. The smallest absolute Gasteiger partial charge is 0.115 e. The van der Waals surface area contributed by atoms with Gasteiger partial charge in [0.25, 0.3) is 0 Å². The quantitative estimate of drug-likeness (QED) is 0.350. The Kier molecular flexibility index (Phi) is 1.49. The number of rotatable bonds is 0. The SMILES string of the molecule is [B]C1=CNC(N)C(N)=C1. The summed E-state index contributed by atoms with van der Waals surface area (Å²) in [7, 11) is 5.37. The zero-order valence-electron chi connectivity index (χ0n) is 4.96. The van der Waals surface area contributed by atoms with Gasteiger partial charge < -0.3 is 16.8 Å². The molecule has 2 radical (unpaired) electrons. The van der Waals surface area contributed by atoms with E-state index in [0.29, 0.717) is 11.2 Å². The minimum Gasteiger partial charge on any atom is -0.399 e. The molecule has 1 aliphatic heterocycles. The van der Waals surface area contributed by atoms with Crippen LogP contribution in [0.15, 0.2) is 23.4 Å². The van der Waals surface area contributed by atoms with Crippen molar-refractivity contribution in [2.75, 3.05) is 0 Å². The lowest BCUT2D eigenvalue weighted by Crippen LogP contribution is -2.40. The molecular formula is C5H8BN3. The Labute approximate surface area is 55.2 Å². The molecule has 0 aromatic rings. The molecule has 0 aromatic heterocycles. The molecule has 1 atom stereocenters. The first-order valence-electron chi connectivity index (χ1n) is 2.64. The highest BCUT2D eigenvalue weighted by Gasteiger charge is 2.05.